The van der Waals surface area contributed by atoms with Gasteiger partial charge in [-0.25, -0.2) is 4.98 Å². The van der Waals surface area contributed by atoms with Crippen LogP contribution in [0.2, 0.25) is 0 Å². The Morgan fingerprint density at radius 3 is 2.71 bits per heavy atom. The van der Waals surface area contributed by atoms with Gasteiger partial charge in [-0.3, -0.25) is 4.79 Å². The smallest absolute Gasteiger partial charge is 0.225 e. The molecule has 0 saturated carbocycles. The van der Waals surface area contributed by atoms with Gasteiger partial charge in [0.05, 0.1) is 6.33 Å². The number of H-pyrrole nitrogens is 1. The zero-order valence-corrected chi connectivity index (χ0v) is 15.8. The molecule has 0 spiro atoms. The fraction of sp³-hybridized carbons (Fsp3) is 0.444. The molecule has 0 aliphatic carbocycles. The highest BCUT2D eigenvalue weighted by atomic mass is 127. The van der Waals surface area contributed by atoms with Crippen molar-refractivity contribution in [1.82, 2.24) is 14.9 Å². The lowest BCUT2D eigenvalue weighted by atomic mass is 9.92. The van der Waals surface area contributed by atoms with Gasteiger partial charge in [0.1, 0.15) is 0 Å². The monoisotopic (exact) mass is 438 g/mol. The van der Waals surface area contributed by atoms with Crippen molar-refractivity contribution in [3.05, 3.63) is 46.1 Å². The van der Waals surface area contributed by atoms with Gasteiger partial charge in [0.2, 0.25) is 5.91 Å². The molecule has 1 fully saturated rings. The number of amides is 1. The molecule has 3 rings (SSSR count). The summed E-state index contributed by atoms with van der Waals surface area (Å²) in [5.41, 5.74) is 2.10. The van der Waals surface area contributed by atoms with Crippen LogP contribution in [0, 0.1) is 9.49 Å². The van der Waals surface area contributed by atoms with Crippen molar-refractivity contribution in [2.24, 2.45) is 5.92 Å². The minimum atomic E-state index is 0.0933. The highest BCUT2D eigenvalue weighted by Crippen LogP contribution is 2.21. The zero-order chi connectivity index (χ0) is 16.8. The van der Waals surface area contributed by atoms with Gasteiger partial charge in [0.25, 0.3) is 0 Å². The molecule has 0 radical (unpaired) electrons. The second-order valence-electron chi connectivity index (χ2n) is 6.37. The number of rotatable bonds is 6. The number of hydrogen-bond acceptors (Lipinski definition) is 3. The molecule has 1 saturated heterocycles. The molecule has 2 N–H and O–H groups in total. The van der Waals surface area contributed by atoms with Gasteiger partial charge in [-0.2, -0.15) is 0 Å². The van der Waals surface area contributed by atoms with E-state index in [1.54, 1.807) is 6.33 Å². The first-order valence-corrected chi connectivity index (χ1v) is 9.52. The van der Waals surface area contributed by atoms with Crippen molar-refractivity contribution in [2.45, 2.75) is 25.7 Å². The van der Waals surface area contributed by atoms with E-state index in [1.807, 2.05) is 30.5 Å². The molecule has 1 aliphatic heterocycles. The Morgan fingerprint density at radius 2 is 2.04 bits per heavy atom. The van der Waals surface area contributed by atoms with Crippen molar-refractivity contribution in [3.8, 4) is 0 Å². The first-order chi connectivity index (χ1) is 11.7. The van der Waals surface area contributed by atoms with E-state index in [0.717, 1.165) is 37.7 Å². The molecule has 1 amide bonds. The Labute approximate surface area is 156 Å². The number of imidazole rings is 1. The van der Waals surface area contributed by atoms with E-state index >= 15 is 0 Å². The van der Waals surface area contributed by atoms with Crippen LogP contribution in [0.25, 0.3) is 0 Å². The maximum Gasteiger partial charge on any atom is 0.225 e. The third-order valence-corrected chi connectivity index (χ3v) is 5.27. The third kappa shape index (κ3) is 5.31. The number of hydrogen-bond donors (Lipinski definition) is 2. The SMILES string of the molecule is O=C(CCN1CCC(Cc2cnc[nH]2)CC1)Nc1ccc(I)cc1. The molecule has 128 valence electrons. The number of likely N-dealkylation sites (tertiary alicyclic amines) is 1. The van der Waals surface area contributed by atoms with Crippen molar-refractivity contribution >= 4 is 34.2 Å². The van der Waals surface area contributed by atoms with Gasteiger partial charge in [0.15, 0.2) is 0 Å². The molecular formula is C18H23IN4O. The number of nitrogens with one attached hydrogen (secondary N) is 2. The summed E-state index contributed by atoms with van der Waals surface area (Å²) in [6.45, 7) is 3.00. The van der Waals surface area contributed by atoms with Crippen LogP contribution in [0.3, 0.4) is 0 Å². The molecule has 2 aromatic rings. The predicted molar refractivity (Wildman–Crippen MR) is 104 cm³/mol. The quantitative estimate of drug-likeness (QED) is 0.681. The topological polar surface area (TPSA) is 61.0 Å². The summed E-state index contributed by atoms with van der Waals surface area (Å²) in [6.07, 6.45) is 7.69. The fourth-order valence-corrected chi connectivity index (χ4v) is 3.50. The van der Waals surface area contributed by atoms with Crippen LogP contribution in [0.5, 0.6) is 0 Å². The summed E-state index contributed by atoms with van der Waals surface area (Å²) in [5, 5.41) is 2.97. The second-order valence-corrected chi connectivity index (χ2v) is 7.62. The first-order valence-electron chi connectivity index (χ1n) is 8.44. The highest BCUT2D eigenvalue weighted by molar-refractivity contribution is 14.1. The number of anilines is 1. The van der Waals surface area contributed by atoms with Gasteiger partial charge < -0.3 is 15.2 Å². The Morgan fingerprint density at radius 1 is 1.29 bits per heavy atom. The molecule has 6 heteroatoms. The van der Waals surface area contributed by atoms with Gasteiger partial charge >= 0.3 is 0 Å². The van der Waals surface area contributed by atoms with Crippen molar-refractivity contribution in [2.75, 3.05) is 25.0 Å². The van der Waals surface area contributed by atoms with Crippen molar-refractivity contribution in [1.29, 1.82) is 0 Å². The average Bonchev–Trinajstić information content (AvgIpc) is 3.09. The second kappa shape index (κ2) is 8.62. The summed E-state index contributed by atoms with van der Waals surface area (Å²) < 4.78 is 1.17. The predicted octanol–water partition coefficient (Wildman–Crippen LogP) is 3.30. The lowest BCUT2D eigenvalue weighted by molar-refractivity contribution is -0.116. The Balaban J connectivity index is 1.35. The van der Waals surface area contributed by atoms with E-state index in [0.29, 0.717) is 6.42 Å². The number of halogens is 1. The van der Waals surface area contributed by atoms with Crippen LogP contribution in [-0.4, -0.2) is 40.4 Å². The summed E-state index contributed by atoms with van der Waals surface area (Å²) in [4.78, 5) is 21.7. The number of aromatic nitrogens is 2. The largest absolute Gasteiger partial charge is 0.348 e. The van der Waals surface area contributed by atoms with Gasteiger partial charge in [0, 0.05) is 34.1 Å². The van der Waals surface area contributed by atoms with Gasteiger partial charge in [-0.1, -0.05) is 0 Å². The van der Waals surface area contributed by atoms with Crippen LogP contribution >= 0.6 is 22.6 Å². The van der Waals surface area contributed by atoms with Gasteiger partial charge in [-0.15, -0.1) is 0 Å². The van der Waals surface area contributed by atoms with Crippen LogP contribution < -0.4 is 5.32 Å². The van der Waals surface area contributed by atoms with Crippen molar-refractivity contribution < 1.29 is 4.79 Å². The summed E-state index contributed by atoms with van der Waals surface area (Å²) >= 11 is 2.26. The average molecular weight is 438 g/mol. The molecule has 1 aromatic heterocycles. The zero-order valence-electron chi connectivity index (χ0n) is 13.7. The van der Waals surface area contributed by atoms with Crippen LogP contribution in [0.15, 0.2) is 36.8 Å². The van der Waals surface area contributed by atoms with Gasteiger partial charge in [-0.05, 0) is 85.1 Å². The third-order valence-electron chi connectivity index (χ3n) is 4.55. The standard InChI is InChI=1S/C18H23IN4O/c19-15-1-3-16(4-2-15)22-18(24)7-10-23-8-5-14(6-9-23)11-17-12-20-13-21-17/h1-4,12-14H,5-11H2,(H,20,21)(H,22,24). The van der Waals surface area contributed by atoms with E-state index in [2.05, 4.69) is 42.8 Å². The minimum absolute atomic E-state index is 0.0933. The number of carbonyl (C=O) groups excluding carboxylic acids is 1. The molecule has 0 unspecified atom stereocenters. The number of benzene rings is 1. The number of nitrogens with zero attached hydrogens (tertiary/aromatic N) is 2. The molecular weight excluding hydrogens is 415 g/mol. The van der Waals surface area contributed by atoms with Crippen LogP contribution in [0.1, 0.15) is 25.0 Å². The fourth-order valence-electron chi connectivity index (χ4n) is 3.14. The van der Waals surface area contributed by atoms with Crippen LogP contribution in [0.4, 0.5) is 5.69 Å². The lowest BCUT2D eigenvalue weighted by Crippen LogP contribution is -2.36. The molecule has 0 bridgehead atoms. The molecule has 5 nitrogen and oxygen atoms in total. The lowest BCUT2D eigenvalue weighted by Gasteiger charge is -2.31. The van der Waals surface area contributed by atoms with E-state index < -0.39 is 0 Å². The number of piperidine rings is 1. The Bertz CT molecular complexity index is 634. The Kier molecular flexibility index (Phi) is 6.25. The molecule has 24 heavy (non-hydrogen) atoms. The van der Waals surface area contributed by atoms with E-state index in [-0.39, 0.29) is 5.91 Å². The molecule has 1 aromatic carbocycles. The van der Waals surface area contributed by atoms with E-state index in [9.17, 15) is 4.79 Å². The highest BCUT2D eigenvalue weighted by Gasteiger charge is 2.20. The minimum Gasteiger partial charge on any atom is -0.348 e. The Hall–Kier alpha value is -1.41. The maximum atomic E-state index is 12.1. The van der Waals surface area contributed by atoms with E-state index in [1.165, 1.54) is 22.1 Å². The number of aromatic amines is 1. The number of carbonyl (C=O) groups is 1. The molecule has 2 heterocycles. The van der Waals surface area contributed by atoms with E-state index in [4.69, 9.17) is 0 Å². The molecule has 1 aliphatic rings. The first kappa shape index (κ1) is 17.4. The summed E-state index contributed by atoms with van der Waals surface area (Å²) in [6, 6.07) is 7.89. The molecule has 0 atom stereocenters. The summed E-state index contributed by atoms with van der Waals surface area (Å²) in [5.74, 6) is 0.818. The maximum absolute atomic E-state index is 12.1. The normalized spacial score (nSPS) is 16.2. The summed E-state index contributed by atoms with van der Waals surface area (Å²) in [7, 11) is 0. The van der Waals surface area contributed by atoms with Crippen molar-refractivity contribution in [3.63, 3.8) is 0 Å². The van der Waals surface area contributed by atoms with Crippen LogP contribution in [-0.2, 0) is 11.2 Å².